The van der Waals surface area contributed by atoms with Crippen molar-refractivity contribution in [1.82, 2.24) is 0 Å². The fourth-order valence-electron chi connectivity index (χ4n) is 1.21. The summed E-state index contributed by atoms with van der Waals surface area (Å²) in [5.41, 5.74) is 0.502. The van der Waals surface area contributed by atoms with Gasteiger partial charge in [0, 0.05) is 17.6 Å². The summed E-state index contributed by atoms with van der Waals surface area (Å²) < 4.78 is 19.5. The van der Waals surface area contributed by atoms with Crippen LogP contribution in [0.3, 0.4) is 0 Å². The molecule has 0 saturated carbocycles. The second kappa shape index (κ2) is 6.86. The van der Waals surface area contributed by atoms with E-state index in [1.54, 1.807) is 12.1 Å². The maximum absolute atomic E-state index is 13.3. The molecule has 0 amide bonds. The van der Waals surface area contributed by atoms with Crippen molar-refractivity contribution in [3.05, 3.63) is 28.5 Å². The van der Waals surface area contributed by atoms with Crippen molar-refractivity contribution < 1.29 is 9.13 Å². The van der Waals surface area contributed by atoms with Gasteiger partial charge in [-0.3, -0.25) is 0 Å². The minimum absolute atomic E-state index is 0.243. The van der Waals surface area contributed by atoms with Crippen LogP contribution in [0.1, 0.15) is 13.8 Å². The second-order valence-corrected chi connectivity index (χ2v) is 4.94. The standard InChI is InChI=1S/C12H17BrFNO/c1-9(2)8-16-6-5-15-12-7-10(13)3-4-11(12)14/h3-4,7,9,15H,5-6,8H2,1-2H3. The van der Waals surface area contributed by atoms with Crippen LogP contribution in [0.15, 0.2) is 22.7 Å². The number of hydrogen-bond acceptors (Lipinski definition) is 2. The number of hydrogen-bond donors (Lipinski definition) is 1. The number of ether oxygens (including phenoxy) is 1. The summed E-state index contributed by atoms with van der Waals surface area (Å²) in [5, 5.41) is 3.00. The zero-order chi connectivity index (χ0) is 12.0. The van der Waals surface area contributed by atoms with Gasteiger partial charge in [0.25, 0.3) is 0 Å². The molecule has 0 radical (unpaired) electrons. The Hall–Kier alpha value is -0.610. The molecule has 1 aromatic rings. The van der Waals surface area contributed by atoms with Crippen LogP contribution in [0.4, 0.5) is 10.1 Å². The van der Waals surface area contributed by atoms with Crippen LogP contribution in [-0.4, -0.2) is 19.8 Å². The van der Waals surface area contributed by atoms with Gasteiger partial charge in [0.15, 0.2) is 0 Å². The summed E-state index contributed by atoms with van der Waals surface area (Å²) >= 11 is 3.30. The number of halogens is 2. The van der Waals surface area contributed by atoms with Gasteiger partial charge in [-0.1, -0.05) is 29.8 Å². The van der Waals surface area contributed by atoms with Crippen LogP contribution < -0.4 is 5.32 Å². The Labute approximate surface area is 104 Å². The van der Waals surface area contributed by atoms with Crippen molar-refractivity contribution in [2.45, 2.75) is 13.8 Å². The van der Waals surface area contributed by atoms with Crippen LogP contribution in [-0.2, 0) is 4.74 Å². The van der Waals surface area contributed by atoms with Gasteiger partial charge < -0.3 is 10.1 Å². The monoisotopic (exact) mass is 289 g/mol. The smallest absolute Gasteiger partial charge is 0.146 e. The normalized spacial score (nSPS) is 10.8. The van der Waals surface area contributed by atoms with E-state index in [4.69, 9.17) is 4.74 Å². The summed E-state index contributed by atoms with van der Waals surface area (Å²) in [4.78, 5) is 0. The van der Waals surface area contributed by atoms with E-state index in [0.717, 1.165) is 11.1 Å². The first kappa shape index (κ1) is 13.5. The molecule has 1 rings (SSSR count). The molecule has 0 bridgehead atoms. The van der Waals surface area contributed by atoms with Gasteiger partial charge in [-0.2, -0.15) is 0 Å². The molecule has 0 fully saturated rings. The van der Waals surface area contributed by atoms with Crippen molar-refractivity contribution in [3.63, 3.8) is 0 Å². The minimum atomic E-state index is -0.243. The Balaban J connectivity index is 2.29. The predicted octanol–water partition coefficient (Wildman–Crippen LogP) is 3.67. The first-order chi connectivity index (χ1) is 7.59. The van der Waals surface area contributed by atoms with Gasteiger partial charge in [0.05, 0.1) is 12.3 Å². The van der Waals surface area contributed by atoms with Crippen LogP contribution >= 0.6 is 15.9 Å². The SMILES string of the molecule is CC(C)COCCNc1cc(Br)ccc1F. The van der Waals surface area contributed by atoms with E-state index in [1.165, 1.54) is 6.07 Å². The van der Waals surface area contributed by atoms with E-state index >= 15 is 0 Å². The molecule has 0 aliphatic rings. The molecule has 1 N–H and O–H groups in total. The predicted molar refractivity (Wildman–Crippen MR) is 68.2 cm³/mol. The average Bonchev–Trinajstić information content (AvgIpc) is 2.22. The lowest BCUT2D eigenvalue weighted by molar-refractivity contribution is 0.118. The molecular formula is C12H17BrFNO. The summed E-state index contributed by atoms with van der Waals surface area (Å²) in [6.07, 6.45) is 0. The second-order valence-electron chi connectivity index (χ2n) is 4.02. The van der Waals surface area contributed by atoms with Crippen molar-refractivity contribution >= 4 is 21.6 Å². The minimum Gasteiger partial charge on any atom is -0.380 e. The Morgan fingerprint density at radius 3 is 2.88 bits per heavy atom. The highest BCUT2D eigenvalue weighted by Crippen LogP contribution is 2.19. The zero-order valence-corrected chi connectivity index (χ0v) is 11.2. The molecule has 2 nitrogen and oxygen atoms in total. The fourth-order valence-corrected chi connectivity index (χ4v) is 1.57. The Bertz CT molecular complexity index is 331. The number of benzene rings is 1. The molecule has 0 spiro atoms. The topological polar surface area (TPSA) is 21.3 Å². The highest BCUT2D eigenvalue weighted by atomic mass is 79.9. The highest BCUT2D eigenvalue weighted by Gasteiger charge is 2.01. The van der Waals surface area contributed by atoms with E-state index in [-0.39, 0.29) is 5.82 Å². The van der Waals surface area contributed by atoms with Gasteiger partial charge in [0.1, 0.15) is 5.82 Å². The van der Waals surface area contributed by atoms with Gasteiger partial charge >= 0.3 is 0 Å². The van der Waals surface area contributed by atoms with E-state index in [9.17, 15) is 4.39 Å². The molecule has 1 aromatic carbocycles. The third-order valence-corrected chi connectivity index (χ3v) is 2.43. The van der Waals surface area contributed by atoms with Crippen LogP contribution in [0.25, 0.3) is 0 Å². The summed E-state index contributed by atoms with van der Waals surface area (Å²) in [6, 6.07) is 4.83. The molecule has 0 heterocycles. The van der Waals surface area contributed by atoms with Crippen molar-refractivity contribution in [3.8, 4) is 0 Å². The molecular weight excluding hydrogens is 273 g/mol. The molecule has 0 saturated heterocycles. The van der Waals surface area contributed by atoms with Crippen molar-refractivity contribution in [2.75, 3.05) is 25.1 Å². The summed E-state index contributed by atoms with van der Waals surface area (Å²) in [7, 11) is 0. The summed E-state index contributed by atoms with van der Waals surface area (Å²) in [6.45, 7) is 6.13. The zero-order valence-electron chi connectivity index (χ0n) is 9.59. The van der Waals surface area contributed by atoms with E-state index < -0.39 is 0 Å². The molecule has 4 heteroatoms. The number of nitrogens with one attached hydrogen (secondary N) is 1. The first-order valence-electron chi connectivity index (χ1n) is 5.36. The third kappa shape index (κ3) is 4.94. The van der Waals surface area contributed by atoms with Gasteiger partial charge in [-0.25, -0.2) is 4.39 Å². The fraction of sp³-hybridized carbons (Fsp3) is 0.500. The molecule has 0 aliphatic carbocycles. The molecule has 90 valence electrons. The van der Waals surface area contributed by atoms with Crippen molar-refractivity contribution in [2.24, 2.45) is 5.92 Å². The van der Waals surface area contributed by atoms with Crippen LogP contribution in [0, 0.1) is 11.7 Å². The number of anilines is 1. The Morgan fingerprint density at radius 2 is 2.19 bits per heavy atom. The maximum Gasteiger partial charge on any atom is 0.146 e. The molecule has 16 heavy (non-hydrogen) atoms. The first-order valence-corrected chi connectivity index (χ1v) is 6.15. The lowest BCUT2D eigenvalue weighted by atomic mass is 10.2. The Kier molecular flexibility index (Phi) is 5.77. The van der Waals surface area contributed by atoms with Crippen LogP contribution in [0.5, 0.6) is 0 Å². The van der Waals surface area contributed by atoms with Crippen LogP contribution in [0.2, 0.25) is 0 Å². The Morgan fingerprint density at radius 1 is 1.44 bits per heavy atom. The number of rotatable bonds is 6. The quantitative estimate of drug-likeness (QED) is 0.807. The molecule has 0 unspecified atom stereocenters. The largest absolute Gasteiger partial charge is 0.380 e. The highest BCUT2D eigenvalue weighted by molar-refractivity contribution is 9.10. The lowest BCUT2D eigenvalue weighted by Crippen LogP contribution is -2.12. The molecule has 0 aliphatic heterocycles. The van der Waals surface area contributed by atoms with E-state index in [2.05, 4.69) is 35.1 Å². The van der Waals surface area contributed by atoms with Gasteiger partial charge in [-0.05, 0) is 24.1 Å². The summed E-state index contributed by atoms with van der Waals surface area (Å²) in [5.74, 6) is 0.287. The van der Waals surface area contributed by atoms with Crippen molar-refractivity contribution in [1.29, 1.82) is 0 Å². The van der Waals surface area contributed by atoms with Gasteiger partial charge in [0.2, 0.25) is 0 Å². The van der Waals surface area contributed by atoms with Gasteiger partial charge in [-0.15, -0.1) is 0 Å². The third-order valence-electron chi connectivity index (χ3n) is 1.94. The maximum atomic E-state index is 13.3. The average molecular weight is 290 g/mol. The molecule has 0 atom stereocenters. The molecule has 0 aromatic heterocycles. The lowest BCUT2D eigenvalue weighted by Gasteiger charge is -2.09. The van der Waals surface area contributed by atoms with E-state index in [1.807, 2.05) is 0 Å². The van der Waals surface area contributed by atoms with E-state index in [0.29, 0.717) is 24.8 Å².